The number of hydrogen-bond acceptors (Lipinski definition) is 4. The van der Waals surface area contributed by atoms with Crippen molar-refractivity contribution in [2.24, 2.45) is 0 Å². The lowest BCUT2D eigenvalue weighted by Crippen LogP contribution is -2.19. The minimum Gasteiger partial charge on any atom is -0.477 e. The van der Waals surface area contributed by atoms with E-state index in [2.05, 4.69) is 5.32 Å². The van der Waals surface area contributed by atoms with Gasteiger partial charge in [0.2, 0.25) is 5.91 Å². The van der Waals surface area contributed by atoms with E-state index >= 15 is 0 Å². The molecule has 2 N–H and O–H groups in total. The topological polar surface area (TPSA) is 75.6 Å². The molecule has 17 heavy (non-hydrogen) atoms. The fourth-order valence-electron chi connectivity index (χ4n) is 1.79. The maximum absolute atomic E-state index is 11.7. The van der Waals surface area contributed by atoms with Crippen molar-refractivity contribution in [1.82, 2.24) is 0 Å². The third-order valence-electron chi connectivity index (χ3n) is 2.57. The van der Waals surface area contributed by atoms with Gasteiger partial charge in [0.25, 0.3) is 0 Å². The third-order valence-corrected chi connectivity index (χ3v) is 3.47. The first kappa shape index (κ1) is 12.1. The minimum atomic E-state index is -1.02. The summed E-state index contributed by atoms with van der Waals surface area (Å²) in [5.41, 5.74) is 0.366. The van der Waals surface area contributed by atoms with Gasteiger partial charge in [0.1, 0.15) is 4.88 Å². The van der Waals surface area contributed by atoms with Crippen molar-refractivity contribution < 1.29 is 19.4 Å². The highest BCUT2D eigenvalue weighted by Gasteiger charge is 2.20. The Bertz CT molecular complexity index is 423. The van der Waals surface area contributed by atoms with Crippen molar-refractivity contribution in [2.45, 2.75) is 25.4 Å². The SMILES string of the molecule is O=C(CC1CCCO1)Nc1ccsc1C(=O)O. The van der Waals surface area contributed by atoms with E-state index in [4.69, 9.17) is 9.84 Å². The summed E-state index contributed by atoms with van der Waals surface area (Å²) in [5.74, 6) is -1.22. The molecule has 92 valence electrons. The van der Waals surface area contributed by atoms with Crippen molar-refractivity contribution in [3.63, 3.8) is 0 Å². The van der Waals surface area contributed by atoms with Gasteiger partial charge in [-0.05, 0) is 24.3 Å². The highest BCUT2D eigenvalue weighted by molar-refractivity contribution is 7.12. The van der Waals surface area contributed by atoms with Gasteiger partial charge in [-0.25, -0.2) is 4.79 Å². The summed E-state index contributed by atoms with van der Waals surface area (Å²) in [7, 11) is 0. The molecule has 1 aliphatic rings. The number of aromatic carboxylic acids is 1. The second-order valence-corrected chi connectivity index (χ2v) is 4.77. The first-order valence-corrected chi connectivity index (χ1v) is 6.27. The summed E-state index contributed by atoms with van der Waals surface area (Å²) in [6.07, 6.45) is 2.14. The highest BCUT2D eigenvalue weighted by atomic mass is 32.1. The van der Waals surface area contributed by atoms with Crippen LogP contribution in [-0.2, 0) is 9.53 Å². The number of carbonyl (C=O) groups excluding carboxylic acids is 1. The molecule has 0 radical (unpaired) electrons. The van der Waals surface area contributed by atoms with Gasteiger partial charge in [0, 0.05) is 6.61 Å². The van der Waals surface area contributed by atoms with E-state index in [0.717, 1.165) is 24.2 Å². The zero-order chi connectivity index (χ0) is 12.3. The van der Waals surface area contributed by atoms with Crippen LogP contribution in [0.25, 0.3) is 0 Å². The van der Waals surface area contributed by atoms with Gasteiger partial charge in [-0.2, -0.15) is 0 Å². The monoisotopic (exact) mass is 255 g/mol. The van der Waals surface area contributed by atoms with Gasteiger partial charge in [-0.3, -0.25) is 4.79 Å². The van der Waals surface area contributed by atoms with Crippen molar-refractivity contribution >= 4 is 28.9 Å². The number of nitrogens with one attached hydrogen (secondary N) is 1. The number of ether oxygens (including phenoxy) is 1. The Hall–Kier alpha value is -1.40. The molecule has 1 amide bonds. The van der Waals surface area contributed by atoms with Gasteiger partial charge in [0.15, 0.2) is 0 Å². The van der Waals surface area contributed by atoms with Gasteiger partial charge >= 0.3 is 5.97 Å². The van der Waals surface area contributed by atoms with Crippen LogP contribution < -0.4 is 5.32 Å². The number of anilines is 1. The highest BCUT2D eigenvalue weighted by Crippen LogP contribution is 2.23. The predicted molar refractivity (Wildman–Crippen MR) is 63.5 cm³/mol. The third kappa shape index (κ3) is 3.04. The zero-order valence-electron chi connectivity index (χ0n) is 9.14. The van der Waals surface area contributed by atoms with Crippen LogP contribution in [0, 0.1) is 0 Å². The molecule has 1 saturated heterocycles. The Morgan fingerprint density at radius 1 is 1.59 bits per heavy atom. The molecule has 6 heteroatoms. The van der Waals surface area contributed by atoms with E-state index in [1.165, 1.54) is 0 Å². The largest absolute Gasteiger partial charge is 0.477 e. The standard InChI is InChI=1S/C11H13NO4S/c13-9(6-7-2-1-4-16-7)12-8-3-5-17-10(8)11(14)15/h3,5,7H,1-2,4,6H2,(H,12,13)(H,14,15). The van der Waals surface area contributed by atoms with E-state index in [0.29, 0.717) is 12.3 Å². The average molecular weight is 255 g/mol. The number of hydrogen-bond donors (Lipinski definition) is 2. The van der Waals surface area contributed by atoms with Crippen LogP contribution in [0.4, 0.5) is 5.69 Å². The molecular weight excluding hydrogens is 242 g/mol. The number of carbonyl (C=O) groups is 2. The molecule has 1 unspecified atom stereocenters. The van der Waals surface area contributed by atoms with E-state index in [9.17, 15) is 9.59 Å². The lowest BCUT2D eigenvalue weighted by Gasteiger charge is -2.09. The lowest BCUT2D eigenvalue weighted by atomic mass is 10.2. The number of thiophene rings is 1. The van der Waals surface area contributed by atoms with Gasteiger partial charge < -0.3 is 15.2 Å². The number of carboxylic acid groups (broad SMARTS) is 1. The molecule has 1 atom stereocenters. The molecule has 1 aliphatic heterocycles. The second-order valence-electron chi connectivity index (χ2n) is 3.86. The van der Waals surface area contributed by atoms with E-state index in [1.807, 2.05) is 0 Å². The van der Waals surface area contributed by atoms with Crippen LogP contribution in [0.3, 0.4) is 0 Å². The average Bonchev–Trinajstić information content (AvgIpc) is 2.88. The molecule has 0 bridgehead atoms. The van der Waals surface area contributed by atoms with Gasteiger partial charge in [0.05, 0.1) is 18.2 Å². The molecule has 1 aromatic heterocycles. The number of carboxylic acids is 1. The molecule has 0 saturated carbocycles. The molecular formula is C11H13NO4S. The Morgan fingerprint density at radius 3 is 3.06 bits per heavy atom. The summed E-state index contributed by atoms with van der Waals surface area (Å²) in [4.78, 5) is 22.7. The maximum atomic E-state index is 11.7. The molecule has 1 aromatic rings. The molecule has 2 rings (SSSR count). The number of rotatable bonds is 4. The van der Waals surface area contributed by atoms with E-state index in [-0.39, 0.29) is 23.3 Å². The zero-order valence-corrected chi connectivity index (χ0v) is 9.96. The van der Waals surface area contributed by atoms with Crippen LogP contribution in [0.2, 0.25) is 0 Å². The summed E-state index contributed by atoms with van der Waals surface area (Å²) in [6.45, 7) is 0.705. The molecule has 2 heterocycles. The normalized spacial score (nSPS) is 19.2. The molecule has 0 aromatic carbocycles. The quantitative estimate of drug-likeness (QED) is 0.862. The van der Waals surface area contributed by atoms with Crippen molar-refractivity contribution in [2.75, 3.05) is 11.9 Å². The summed E-state index contributed by atoms with van der Waals surface area (Å²) >= 11 is 1.10. The Balaban J connectivity index is 1.93. The Kier molecular flexibility index (Phi) is 3.75. The van der Waals surface area contributed by atoms with Crippen molar-refractivity contribution in [3.05, 3.63) is 16.3 Å². The van der Waals surface area contributed by atoms with Crippen LogP contribution in [-0.4, -0.2) is 29.7 Å². The second kappa shape index (κ2) is 5.29. The first-order valence-electron chi connectivity index (χ1n) is 5.39. The van der Waals surface area contributed by atoms with Crippen LogP contribution in [0.1, 0.15) is 28.9 Å². The summed E-state index contributed by atoms with van der Waals surface area (Å²) in [5, 5.41) is 13.1. The molecule has 1 fully saturated rings. The van der Waals surface area contributed by atoms with Crippen LogP contribution in [0.15, 0.2) is 11.4 Å². The van der Waals surface area contributed by atoms with Crippen molar-refractivity contribution in [3.8, 4) is 0 Å². The van der Waals surface area contributed by atoms with Gasteiger partial charge in [-0.15, -0.1) is 11.3 Å². The number of amides is 1. The smallest absolute Gasteiger partial charge is 0.348 e. The molecule has 0 aliphatic carbocycles. The lowest BCUT2D eigenvalue weighted by molar-refractivity contribution is -0.118. The maximum Gasteiger partial charge on any atom is 0.348 e. The molecule has 5 nitrogen and oxygen atoms in total. The molecule has 0 spiro atoms. The fourth-order valence-corrected chi connectivity index (χ4v) is 2.47. The fraction of sp³-hybridized carbons (Fsp3) is 0.455. The van der Waals surface area contributed by atoms with E-state index < -0.39 is 5.97 Å². The minimum absolute atomic E-state index is 0.0260. The first-order chi connectivity index (χ1) is 8.16. The van der Waals surface area contributed by atoms with E-state index in [1.54, 1.807) is 11.4 Å². The van der Waals surface area contributed by atoms with Crippen molar-refractivity contribution in [1.29, 1.82) is 0 Å². The predicted octanol–water partition coefficient (Wildman–Crippen LogP) is 1.95. The summed E-state index contributed by atoms with van der Waals surface area (Å²) < 4.78 is 5.35. The summed E-state index contributed by atoms with van der Waals surface area (Å²) in [6, 6.07) is 1.60. The Labute approximate surface area is 102 Å². The van der Waals surface area contributed by atoms with Crippen LogP contribution >= 0.6 is 11.3 Å². The van der Waals surface area contributed by atoms with Crippen LogP contribution in [0.5, 0.6) is 0 Å². The van der Waals surface area contributed by atoms with Gasteiger partial charge in [-0.1, -0.05) is 0 Å². The Morgan fingerprint density at radius 2 is 2.41 bits per heavy atom.